The van der Waals surface area contributed by atoms with Gasteiger partial charge in [-0.15, -0.1) is 0 Å². The Bertz CT molecular complexity index is 4700. The fraction of sp³-hybridized carbons (Fsp3) is 0.723. The highest BCUT2D eigenvalue weighted by Gasteiger charge is 2.40. The average molecular weight is 1910 g/mol. The van der Waals surface area contributed by atoms with Gasteiger partial charge < -0.3 is 84.0 Å². The zero-order chi connectivity index (χ0) is 105. The zero-order valence-corrected chi connectivity index (χ0v) is 91.8. The van der Waals surface area contributed by atoms with Gasteiger partial charge in [-0.1, -0.05) is 154 Å². The summed E-state index contributed by atoms with van der Waals surface area (Å²) in [4.78, 5) is 98.5. The molecule has 7 amide bonds. The van der Waals surface area contributed by atoms with Crippen molar-refractivity contribution in [2.45, 2.75) is 376 Å². The van der Waals surface area contributed by atoms with Crippen molar-refractivity contribution in [2.75, 3.05) is 103 Å². The van der Waals surface area contributed by atoms with E-state index in [2.05, 4.69) is 254 Å². The molecule has 0 fully saturated rings. The smallest absolute Gasteiger partial charge is 0.274 e. The molecule has 10 unspecified atom stereocenters. The molecule has 0 aliphatic heterocycles. The third-order valence-corrected chi connectivity index (χ3v) is 29.1. The van der Waals surface area contributed by atoms with Crippen molar-refractivity contribution in [3.05, 3.63) is 121 Å². The minimum Gasteiger partial charge on any atom is -0.361 e. The van der Waals surface area contributed by atoms with Gasteiger partial charge in [0.25, 0.3) is 41.4 Å². The third kappa shape index (κ3) is 34.8. The van der Waals surface area contributed by atoms with Gasteiger partial charge in [-0.25, -0.2) is 0 Å². The lowest BCUT2D eigenvalue weighted by Gasteiger charge is -2.42. The molecule has 0 aromatic carbocycles. The molecule has 7 aromatic heterocycles. The lowest BCUT2D eigenvalue weighted by Crippen LogP contribution is -2.57. The van der Waals surface area contributed by atoms with Crippen LogP contribution in [0.4, 0.5) is 0 Å². The maximum Gasteiger partial charge on any atom is 0.274 e. The molecule has 0 saturated carbocycles. The van der Waals surface area contributed by atoms with Crippen molar-refractivity contribution < 1.29 is 65.2 Å². The second-order valence-corrected chi connectivity index (χ2v) is 38.5. The van der Waals surface area contributed by atoms with Gasteiger partial charge in [0.2, 0.25) is 0 Å². The maximum atomic E-state index is 12.4. The molecule has 0 saturated heterocycles. The van der Waals surface area contributed by atoms with E-state index >= 15 is 0 Å². The van der Waals surface area contributed by atoms with Crippen LogP contribution in [-0.4, -0.2) is 279 Å². The van der Waals surface area contributed by atoms with Gasteiger partial charge in [-0.3, -0.25) is 53.2 Å². The van der Waals surface area contributed by atoms with Gasteiger partial charge in [-0.2, -0.15) is 0 Å². The second-order valence-electron chi connectivity index (χ2n) is 38.5. The van der Waals surface area contributed by atoms with E-state index in [4.69, 9.17) is 31.7 Å². The van der Waals surface area contributed by atoms with E-state index in [1.165, 1.54) is 0 Å². The van der Waals surface area contributed by atoms with E-state index < -0.39 is 0 Å². The fourth-order valence-electron chi connectivity index (χ4n) is 14.6. The number of nitrogens with zero attached hydrogens (tertiary/aromatic N) is 13. The van der Waals surface area contributed by atoms with Crippen molar-refractivity contribution in [1.29, 1.82) is 0 Å². The van der Waals surface area contributed by atoms with Crippen molar-refractivity contribution in [1.82, 2.24) is 108 Å². The Morgan fingerprint density at radius 2 is 0.529 bits per heavy atom. The molecular weight excluding hydrogens is 1730 g/mol. The second kappa shape index (κ2) is 57.8. The fourth-order valence-corrected chi connectivity index (χ4v) is 14.6. The summed E-state index contributed by atoms with van der Waals surface area (Å²) in [7, 11) is 18.3. The van der Waals surface area contributed by atoms with Crippen LogP contribution in [0.3, 0.4) is 0 Å². The quantitative estimate of drug-likeness (QED) is 0.0176. The minimum atomic E-state index is -0.187. The van der Waals surface area contributed by atoms with E-state index in [-0.39, 0.29) is 116 Å². The van der Waals surface area contributed by atoms with Gasteiger partial charge in [-0.05, 0) is 238 Å². The lowest BCUT2D eigenvalue weighted by molar-refractivity contribution is 0.0749. The summed E-state index contributed by atoms with van der Waals surface area (Å²) in [5.74, 6) is 4.00. The molecule has 35 heteroatoms. The minimum absolute atomic E-state index is 0.00104. The molecule has 10 atom stereocenters. The SMILES string of the molecule is CCc1cc(C(=O)NC(C)C(C)(C)N(C)CC)no1.CCc1cc(C(=O)NC(C)C(C)(CC)N(C)C)no1.CCc1cc(C(=O)NC(C)C(C)(CC)N(C)CC)no1.CCc1cc(C(=O)NCC(C)(C)CNC)no1.CCc1onc(C(=O)NC(C)C(C)(C)N(C)CC)c1C.CCc1onc(C(=O)NC(C)C(C)(CC)N(C)C)c1C.CCc1onc(C(=O)NC(C)C(C)(CC)N(C)CC)c1C. The Morgan fingerprint density at radius 1 is 0.301 bits per heavy atom. The summed E-state index contributed by atoms with van der Waals surface area (Å²) < 4.78 is 35.7. The number of aryl methyl sites for hydroxylation is 7. The first-order valence-corrected chi connectivity index (χ1v) is 49.0. The van der Waals surface area contributed by atoms with Crippen LogP contribution in [0, 0.1) is 26.2 Å². The largest absolute Gasteiger partial charge is 0.361 e. The van der Waals surface area contributed by atoms with E-state index in [1.54, 1.807) is 24.3 Å². The number of aromatic nitrogens is 7. The molecule has 0 bridgehead atoms. The highest BCUT2D eigenvalue weighted by atomic mass is 16.5. The van der Waals surface area contributed by atoms with Gasteiger partial charge >= 0.3 is 0 Å². The van der Waals surface area contributed by atoms with Crippen LogP contribution in [0.1, 0.15) is 371 Å². The van der Waals surface area contributed by atoms with Crippen LogP contribution >= 0.6 is 0 Å². The number of rotatable bonds is 44. The molecule has 7 heterocycles. The van der Waals surface area contributed by atoms with Crippen LogP contribution in [0.5, 0.6) is 0 Å². The number of hydrogen-bond acceptors (Lipinski definition) is 28. The van der Waals surface area contributed by atoms with Crippen molar-refractivity contribution in [2.24, 2.45) is 5.41 Å². The first-order chi connectivity index (χ1) is 63.4. The van der Waals surface area contributed by atoms with Gasteiger partial charge in [0.15, 0.2) is 39.9 Å². The number of nitrogens with one attached hydrogen (secondary N) is 8. The molecule has 7 aromatic rings. The molecule has 7 rings (SSSR count). The molecule has 774 valence electrons. The van der Waals surface area contributed by atoms with Gasteiger partial charge in [0.05, 0.1) is 0 Å². The Morgan fingerprint density at radius 3 is 0.735 bits per heavy atom. The van der Waals surface area contributed by atoms with Crippen LogP contribution in [0.2, 0.25) is 0 Å². The molecule has 0 spiro atoms. The van der Waals surface area contributed by atoms with Crippen molar-refractivity contribution >= 4 is 41.4 Å². The monoisotopic (exact) mass is 1910 g/mol. The number of carbonyl (C=O) groups excluding carboxylic acids is 7. The first kappa shape index (κ1) is 124. The average Bonchev–Trinajstić information content (AvgIpc) is 1.56. The molecular formula is C101H181N21O14. The number of likely N-dealkylation sites (N-methyl/N-ethyl adjacent to an activating group) is 6. The number of amides is 7. The standard InChI is InChI=1S/C16H29N3O2.3C15H27N3O2.2C14H25N3O2.C12H21N3O2/c1-8-13-11(4)14(18-21-13)15(20)17-12(5)16(6,9-2)19(7)10-3;1-8-12-10(3)13(17-20-12)14(19)16-11(4)15(5,9-2)18(6)7;1-8-12-10(3)13(17-20-12)14(19)16-11(4)15(5,6)18(7)9-2;1-7-12-10-13(17-20-12)14(19)16-11(4)15(5,8-2)18(6)9-3;1-7-11-9-12(16-19-11)13(18)15-10(3)14(4,8-2)17(5)6;1-7-11-9-12(16-19-11)13(18)15-10(3)14(4,5)17(6)8-2;1-5-9-6-10(15-17-9)11(16)14-8-12(2,3)7-13-4/h12H,8-10H2,1-7H3,(H,17,20);2*11H,8-9H2,1-7H3,(H,16,19);10-11H,7-9H2,1-6H3,(H,16,19);2*9-10H,7-8H2,1-6H3,(H,15,18);6,13H,5,7-8H2,1-4H3,(H,14,16). The Labute approximate surface area is 815 Å². The van der Waals surface area contributed by atoms with Gasteiger partial charge in [0.1, 0.15) is 40.3 Å². The highest BCUT2D eigenvalue weighted by Crippen LogP contribution is 2.29. The van der Waals surface area contributed by atoms with Crippen LogP contribution < -0.4 is 42.5 Å². The number of carbonyl (C=O) groups is 7. The highest BCUT2D eigenvalue weighted by molar-refractivity contribution is 5.96. The summed E-state index contributed by atoms with van der Waals surface area (Å²) >= 11 is 0. The normalized spacial score (nSPS) is 14.7. The summed E-state index contributed by atoms with van der Waals surface area (Å²) in [5, 5.41) is 50.9. The zero-order valence-electron chi connectivity index (χ0n) is 91.8. The topological polar surface area (TPSA) is 417 Å². The molecule has 35 nitrogen and oxygen atoms in total. The number of hydrogen-bond donors (Lipinski definition) is 8. The molecule has 0 aliphatic carbocycles. The molecule has 136 heavy (non-hydrogen) atoms. The van der Waals surface area contributed by atoms with E-state index in [0.29, 0.717) is 46.4 Å². The van der Waals surface area contributed by atoms with Crippen molar-refractivity contribution in [3.63, 3.8) is 0 Å². The van der Waals surface area contributed by atoms with E-state index in [0.717, 1.165) is 160 Å². The Hall–Kier alpha value is -9.52. The predicted molar refractivity (Wildman–Crippen MR) is 541 cm³/mol. The Balaban J connectivity index is 0.000000794. The molecule has 0 aliphatic rings. The third-order valence-electron chi connectivity index (χ3n) is 29.1. The van der Waals surface area contributed by atoms with Crippen molar-refractivity contribution in [3.8, 4) is 0 Å². The molecule has 8 N–H and O–H groups in total. The lowest BCUT2D eigenvalue weighted by atomic mass is 9.88. The summed E-state index contributed by atoms with van der Waals surface area (Å²) in [6.07, 6.45) is 8.98. The first-order valence-electron chi connectivity index (χ1n) is 49.0. The molecule has 0 radical (unpaired) electrons. The van der Waals surface area contributed by atoms with E-state index in [1.807, 2.05) is 153 Å². The summed E-state index contributed by atoms with van der Waals surface area (Å²) in [5.41, 5.74) is 4.49. The van der Waals surface area contributed by atoms with Gasteiger partial charge in [0, 0.05) is 168 Å². The van der Waals surface area contributed by atoms with E-state index in [9.17, 15) is 33.6 Å². The predicted octanol–water partition coefficient (Wildman–Crippen LogP) is 15.4. The van der Waals surface area contributed by atoms with Crippen LogP contribution in [0.25, 0.3) is 0 Å². The summed E-state index contributed by atoms with van der Waals surface area (Å²) in [6.45, 7) is 75.0. The Kier molecular flexibility index (Phi) is 52.9. The van der Waals surface area contributed by atoms with Crippen LogP contribution in [-0.2, 0) is 44.9 Å². The van der Waals surface area contributed by atoms with Crippen LogP contribution in [0.15, 0.2) is 55.9 Å². The summed E-state index contributed by atoms with van der Waals surface area (Å²) in [6, 6.07) is 6.84. The maximum absolute atomic E-state index is 12.4.